The zero-order valence-corrected chi connectivity index (χ0v) is 22.8. The molecule has 0 bridgehead atoms. The van der Waals surface area contributed by atoms with E-state index in [4.69, 9.17) is 23.1 Å². The summed E-state index contributed by atoms with van der Waals surface area (Å²) in [5, 5.41) is 14.6. The molecule has 0 aliphatic carbocycles. The molecule has 1 fully saturated rings. The van der Waals surface area contributed by atoms with Crippen molar-refractivity contribution in [2.45, 2.75) is 28.1 Å². The maximum absolute atomic E-state index is 13.0. The Labute approximate surface area is 232 Å². The highest BCUT2D eigenvalue weighted by Gasteiger charge is 2.55. The van der Waals surface area contributed by atoms with Crippen LogP contribution in [-0.4, -0.2) is 67.2 Å². The van der Waals surface area contributed by atoms with Crippen LogP contribution in [0.3, 0.4) is 0 Å². The summed E-state index contributed by atoms with van der Waals surface area (Å²) in [6.45, 7) is 0.549. The Morgan fingerprint density at radius 2 is 2.22 bits per heavy atom. The summed E-state index contributed by atoms with van der Waals surface area (Å²) in [7, 11) is 0. The third-order valence-corrected chi connectivity index (χ3v) is 10.1. The van der Waals surface area contributed by atoms with Gasteiger partial charge < -0.3 is 21.9 Å². The fourth-order valence-electron chi connectivity index (χ4n) is 3.64. The van der Waals surface area contributed by atoms with Crippen LogP contribution >= 0.6 is 58.2 Å². The number of nitrogens with zero attached hydrogens (tertiary/aromatic N) is 4. The van der Waals surface area contributed by atoms with Gasteiger partial charge in [-0.3, -0.25) is 19.5 Å². The summed E-state index contributed by atoms with van der Waals surface area (Å²) in [6, 6.07) is -0.775. The molecule has 37 heavy (non-hydrogen) atoms. The quantitative estimate of drug-likeness (QED) is 0.167. The van der Waals surface area contributed by atoms with E-state index < -0.39 is 35.2 Å². The number of hydrogen-bond acceptors (Lipinski definition) is 13. The standard InChI is InChI=1S/C20H20ClN7O5S4/c21-15-11(26-20(23)37-15)12(27-33)16(29)25-13-17(30)28-14(19(31)32)10(7-35-18(13)28)36-9-5-24-3-1-8(9)6-34-4-2-22/h1,3,5,12-13,18H,2,4,6-7,22H2,(H2,23,26)(H,25,29)(H,31,32). The summed E-state index contributed by atoms with van der Waals surface area (Å²) >= 11 is 11.1. The molecule has 2 aromatic rings. The van der Waals surface area contributed by atoms with Crippen molar-refractivity contribution in [3.8, 4) is 0 Å². The second kappa shape index (κ2) is 12.0. The average molecular weight is 602 g/mol. The Bertz CT molecular complexity index is 1280. The van der Waals surface area contributed by atoms with Crippen molar-refractivity contribution in [2.75, 3.05) is 23.8 Å². The van der Waals surface area contributed by atoms with E-state index in [2.05, 4.69) is 20.5 Å². The zero-order chi connectivity index (χ0) is 26.7. The Balaban J connectivity index is 1.52. The van der Waals surface area contributed by atoms with Gasteiger partial charge in [0.05, 0.1) is 0 Å². The van der Waals surface area contributed by atoms with E-state index in [0.29, 0.717) is 23.0 Å². The maximum atomic E-state index is 13.0. The average Bonchev–Trinajstić information content (AvgIpc) is 3.20. The number of carbonyl (C=O) groups excluding carboxylic acids is 2. The molecule has 1 saturated heterocycles. The van der Waals surface area contributed by atoms with Crippen LogP contribution in [0.4, 0.5) is 5.13 Å². The van der Waals surface area contributed by atoms with Crippen molar-refractivity contribution < 1.29 is 19.5 Å². The van der Waals surface area contributed by atoms with E-state index in [1.807, 2.05) is 6.07 Å². The summed E-state index contributed by atoms with van der Waals surface area (Å²) in [5.41, 5.74) is 11.9. The van der Waals surface area contributed by atoms with E-state index in [9.17, 15) is 24.4 Å². The zero-order valence-electron chi connectivity index (χ0n) is 18.8. The maximum Gasteiger partial charge on any atom is 0.353 e. The third-order valence-electron chi connectivity index (χ3n) is 5.30. The largest absolute Gasteiger partial charge is 0.477 e. The van der Waals surface area contributed by atoms with E-state index in [1.54, 1.807) is 24.2 Å². The monoisotopic (exact) mass is 601 g/mol. The molecule has 6 N–H and O–H groups in total. The number of nitrogen functional groups attached to an aromatic ring is 1. The number of fused-ring (bicyclic) bond motifs is 1. The van der Waals surface area contributed by atoms with E-state index >= 15 is 0 Å². The Morgan fingerprint density at radius 1 is 1.43 bits per heavy atom. The van der Waals surface area contributed by atoms with Crippen LogP contribution in [0.1, 0.15) is 17.3 Å². The molecule has 2 aliphatic rings. The Morgan fingerprint density at radius 3 is 2.86 bits per heavy atom. The van der Waals surface area contributed by atoms with Crippen molar-refractivity contribution in [1.29, 1.82) is 0 Å². The molecule has 196 valence electrons. The van der Waals surface area contributed by atoms with Crippen molar-refractivity contribution in [2.24, 2.45) is 10.9 Å². The highest BCUT2D eigenvalue weighted by atomic mass is 35.5. The van der Waals surface area contributed by atoms with Crippen molar-refractivity contribution in [1.82, 2.24) is 20.2 Å². The summed E-state index contributed by atoms with van der Waals surface area (Å²) in [4.78, 5) is 59.8. The van der Waals surface area contributed by atoms with Crippen molar-refractivity contribution >= 4 is 81.1 Å². The molecule has 2 aliphatic heterocycles. The van der Waals surface area contributed by atoms with Crippen LogP contribution in [0.25, 0.3) is 0 Å². The molecule has 2 aromatic heterocycles. The van der Waals surface area contributed by atoms with Gasteiger partial charge in [0.2, 0.25) is 6.04 Å². The number of thiazole rings is 1. The molecule has 17 heteroatoms. The molecule has 4 rings (SSSR count). The molecule has 0 aromatic carbocycles. The molecule has 4 heterocycles. The van der Waals surface area contributed by atoms with Gasteiger partial charge in [0.25, 0.3) is 11.8 Å². The van der Waals surface area contributed by atoms with Crippen molar-refractivity contribution in [3.05, 3.63) is 49.6 Å². The number of β-lactam (4-membered cyclic amide) rings is 1. The number of thioether (sulfide) groups is 3. The lowest BCUT2D eigenvalue weighted by atomic mass is 10.0. The van der Waals surface area contributed by atoms with Gasteiger partial charge in [0.15, 0.2) is 5.13 Å². The van der Waals surface area contributed by atoms with E-state index in [1.165, 1.54) is 23.5 Å². The number of carboxylic acids is 1. The highest BCUT2D eigenvalue weighted by Crippen LogP contribution is 2.46. The van der Waals surface area contributed by atoms with Gasteiger partial charge in [-0.05, 0) is 16.8 Å². The minimum Gasteiger partial charge on any atom is -0.477 e. The molecular formula is C20H20ClN7O5S4. The van der Waals surface area contributed by atoms with E-state index in [-0.39, 0.29) is 20.9 Å². The number of halogens is 1. The number of amides is 2. The van der Waals surface area contributed by atoms with Gasteiger partial charge >= 0.3 is 5.97 Å². The third kappa shape index (κ3) is 5.73. The van der Waals surface area contributed by atoms with Crippen LogP contribution in [0, 0.1) is 4.91 Å². The number of nitrogens with one attached hydrogen (secondary N) is 1. The molecule has 12 nitrogen and oxygen atoms in total. The number of rotatable bonds is 11. The molecule has 3 unspecified atom stereocenters. The number of aromatic nitrogens is 2. The van der Waals surface area contributed by atoms with Crippen LogP contribution in [-0.2, 0) is 20.1 Å². The summed E-state index contributed by atoms with van der Waals surface area (Å²) in [6.07, 6.45) is 3.33. The number of aliphatic carboxylic acids is 1. The van der Waals surface area contributed by atoms with Gasteiger partial charge in [-0.1, -0.05) is 34.7 Å². The lowest BCUT2D eigenvalue weighted by molar-refractivity contribution is -0.150. The first kappa shape index (κ1) is 27.7. The van der Waals surface area contributed by atoms with Crippen LogP contribution in [0.15, 0.2) is 39.1 Å². The second-order valence-corrected chi connectivity index (χ2v) is 12.6. The predicted molar refractivity (Wildman–Crippen MR) is 145 cm³/mol. The van der Waals surface area contributed by atoms with Crippen molar-refractivity contribution in [3.63, 3.8) is 0 Å². The van der Waals surface area contributed by atoms with Crippen LogP contribution in [0.2, 0.25) is 4.34 Å². The lowest BCUT2D eigenvalue weighted by Gasteiger charge is -2.49. The number of nitroso groups, excluding NO2 is 1. The minimum absolute atomic E-state index is 0.0415. The number of carboxylic acid groups (broad SMARTS) is 1. The van der Waals surface area contributed by atoms with Gasteiger partial charge in [-0.15, -0.1) is 16.7 Å². The number of carbonyl (C=O) groups is 3. The molecule has 0 spiro atoms. The molecule has 3 atom stereocenters. The first-order chi connectivity index (χ1) is 17.8. The van der Waals surface area contributed by atoms with Gasteiger partial charge in [-0.2, -0.15) is 11.8 Å². The lowest BCUT2D eigenvalue weighted by Crippen LogP contribution is -2.70. The highest BCUT2D eigenvalue weighted by molar-refractivity contribution is 8.06. The number of hydrogen-bond donors (Lipinski definition) is 4. The summed E-state index contributed by atoms with van der Waals surface area (Å²) < 4.78 is 0.0415. The summed E-state index contributed by atoms with van der Waals surface area (Å²) in [5.74, 6) is -0.987. The predicted octanol–water partition coefficient (Wildman–Crippen LogP) is 2.26. The van der Waals surface area contributed by atoms with Gasteiger partial charge in [0, 0.05) is 46.0 Å². The van der Waals surface area contributed by atoms with Crippen LogP contribution in [0.5, 0.6) is 0 Å². The number of anilines is 1. The van der Waals surface area contributed by atoms with Crippen LogP contribution < -0.4 is 16.8 Å². The topological polar surface area (TPSA) is 194 Å². The fourth-order valence-corrected chi connectivity index (χ4v) is 8.05. The Kier molecular flexibility index (Phi) is 8.97. The number of pyridine rings is 1. The molecule has 0 saturated carbocycles. The Hall–Kier alpha value is -2.37. The SMILES string of the molecule is NCCSCc1ccncc1SC1=C(C(=O)O)N2C(=O)C(NC(=O)C(N=O)c3nc(N)sc3Cl)C2SC1. The molecular weight excluding hydrogens is 582 g/mol. The fraction of sp³-hybridized carbons (Fsp3) is 0.350. The smallest absolute Gasteiger partial charge is 0.353 e. The van der Waals surface area contributed by atoms with Gasteiger partial charge in [0.1, 0.15) is 27.1 Å². The normalized spacial score (nSPS) is 19.7. The molecule has 0 radical (unpaired) electrons. The second-order valence-electron chi connectivity index (χ2n) is 7.62. The van der Waals surface area contributed by atoms with E-state index in [0.717, 1.165) is 32.4 Å². The number of nitrogens with two attached hydrogens (primary N) is 2. The minimum atomic E-state index is -1.60. The van der Waals surface area contributed by atoms with Gasteiger partial charge in [-0.25, -0.2) is 9.78 Å². The first-order valence-corrected chi connectivity index (χ1v) is 14.8. The molecule has 2 amide bonds. The first-order valence-electron chi connectivity index (χ1n) is 10.6.